The van der Waals surface area contributed by atoms with E-state index in [1.54, 1.807) is 18.3 Å². The Labute approximate surface area is 270 Å². The molecule has 4 fully saturated rings. The predicted molar refractivity (Wildman–Crippen MR) is 176 cm³/mol. The molecule has 0 amide bonds. The summed E-state index contributed by atoms with van der Waals surface area (Å²) in [6.07, 6.45) is 6.61. The van der Waals surface area contributed by atoms with Gasteiger partial charge in [-0.2, -0.15) is 21.7 Å². The van der Waals surface area contributed by atoms with Crippen molar-refractivity contribution in [1.82, 2.24) is 19.9 Å². The topological polar surface area (TPSA) is 74.6 Å². The fourth-order valence-electron chi connectivity index (χ4n) is 8.56. The Morgan fingerprint density at radius 2 is 1.98 bits per heavy atom. The number of anilines is 1. The number of thioether (sulfide) groups is 1. The lowest BCUT2D eigenvalue weighted by atomic mass is 9.79. The van der Waals surface area contributed by atoms with E-state index in [2.05, 4.69) is 19.8 Å². The SMILES string of the molecule is CCc1c(F)ccc2cc(O)cc(-c3ncc4c(N5CCCC6(CCSC6)C5)nc(OC[C@@]56CCCN5C[C@H](F)C6)nc4c3F)c12. The molecule has 0 aliphatic carbocycles. The quantitative estimate of drug-likeness (QED) is 0.238. The zero-order valence-corrected chi connectivity index (χ0v) is 26.8. The zero-order chi connectivity index (χ0) is 31.6. The van der Waals surface area contributed by atoms with Crippen molar-refractivity contribution < 1.29 is 23.0 Å². The first-order chi connectivity index (χ1) is 22.3. The summed E-state index contributed by atoms with van der Waals surface area (Å²) in [4.78, 5) is 18.5. The van der Waals surface area contributed by atoms with Crippen molar-refractivity contribution in [3.8, 4) is 23.0 Å². The summed E-state index contributed by atoms with van der Waals surface area (Å²) in [6, 6.07) is 6.00. The number of rotatable bonds is 6. The van der Waals surface area contributed by atoms with Gasteiger partial charge in [0.05, 0.1) is 10.9 Å². The van der Waals surface area contributed by atoms with Crippen molar-refractivity contribution in [1.29, 1.82) is 0 Å². The van der Waals surface area contributed by atoms with Gasteiger partial charge in [0.2, 0.25) is 0 Å². The molecule has 6 heterocycles. The van der Waals surface area contributed by atoms with Crippen molar-refractivity contribution in [2.75, 3.05) is 49.2 Å². The van der Waals surface area contributed by atoms with Crippen LogP contribution >= 0.6 is 11.8 Å². The van der Waals surface area contributed by atoms with Crippen LogP contribution in [0.5, 0.6) is 11.8 Å². The number of alkyl halides is 1. The molecule has 0 saturated carbocycles. The maximum atomic E-state index is 16.9. The molecule has 4 aliphatic heterocycles. The number of aromatic nitrogens is 3. The summed E-state index contributed by atoms with van der Waals surface area (Å²) in [5.74, 6) is 1.68. The van der Waals surface area contributed by atoms with E-state index in [-0.39, 0.29) is 35.0 Å². The van der Waals surface area contributed by atoms with Crippen LogP contribution in [0.15, 0.2) is 30.5 Å². The molecular weight excluding hydrogens is 611 g/mol. The summed E-state index contributed by atoms with van der Waals surface area (Å²) in [5, 5.41) is 12.2. The van der Waals surface area contributed by atoms with Crippen LogP contribution in [-0.2, 0) is 6.42 Å². The van der Waals surface area contributed by atoms with Gasteiger partial charge in [0, 0.05) is 43.6 Å². The van der Waals surface area contributed by atoms with Crippen LogP contribution in [0, 0.1) is 17.0 Å². The number of aryl methyl sites for hydroxylation is 1. The zero-order valence-electron chi connectivity index (χ0n) is 26.0. The minimum absolute atomic E-state index is 0.0248. The van der Waals surface area contributed by atoms with Crippen LogP contribution in [0.25, 0.3) is 32.9 Å². The van der Waals surface area contributed by atoms with Crippen LogP contribution < -0.4 is 9.64 Å². The minimum atomic E-state index is -0.896. The second kappa shape index (κ2) is 11.4. The van der Waals surface area contributed by atoms with Crippen LogP contribution in [0.2, 0.25) is 0 Å². The molecule has 242 valence electrons. The Kier molecular flexibility index (Phi) is 7.47. The van der Waals surface area contributed by atoms with Crippen LogP contribution in [0.3, 0.4) is 0 Å². The number of nitrogens with zero attached hydrogens (tertiary/aromatic N) is 5. The lowest BCUT2D eigenvalue weighted by molar-refractivity contribution is 0.107. The smallest absolute Gasteiger partial charge is 0.319 e. The average Bonchev–Trinajstić information content (AvgIpc) is 3.74. The summed E-state index contributed by atoms with van der Waals surface area (Å²) in [6.45, 7) is 4.91. The fraction of sp³-hybridized carbons (Fsp3) is 0.514. The van der Waals surface area contributed by atoms with E-state index in [1.807, 2.05) is 18.7 Å². The molecule has 0 bridgehead atoms. The third kappa shape index (κ3) is 4.96. The fourth-order valence-corrected chi connectivity index (χ4v) is 10.1. The number of benzene rings is 2. The lowest BCUT2D eigenvalue weighted by Crippen LogP contribution is -2.44. The van der Waals surface area contributed by atoms with Gasteiger partial charge in [-0.05, 0) is 90.8 Å². The molecule has 1 spiro atoms. The normalized spacial score (nSPS) is 26.5. The highest BCUT2D eigenvalue weighted by atomic mass is 32.2. The molecular formula is C35H38F3N5O2S. The monoisotopic (exact) mass is 649 g/mol. The molecule has 11 heteroatoms. The van der Waals surface area contributed by atoms with Gasteiger partial charge in [0.1, 0.15) is 41.4 Å². The molecule has 4 aromatic rings. The molecule has 4 aliphatic rings. The number of piperidine rings is 1. The second-order valence-electron chi connectivity index (χ2n) is 13.7. The van der Waals surface area contributed by atoms with Gasteiger partial charge in [-0.1, -0.05) is 13.0 Å². The van der Waals surface area contributed by atoms with E-state index >= 15 is 4.39 Å². The van der Waals surface area contributed by atoms with Crippen LogP contribution in [0.4, 0.5) is 19.0 Å². The Morgan fingerprint density at radius 1 is 1.11 bits per heavy atom. The Hall–Kier alpha value is -3.31. The van der Waals surface area contributed by atoms with Gasteiger partial charge in [0.15, 0.2) is 5.82 Å². The lowest BCUT2D eigenvalue weighted by Gasteiger charge is -2.41. The van der Waals surface area contributed by atoms with Crippen LogP contribution in [0.1, 0.15) is 51.0 Å². The number of hydrogen-bond donors (Lipinski definition) is 1. The Balaban J connectivity index is 1.27. The molecule has 1 unspecified atom stereocenters. The van der Waals surface area contributed by atoms with Gasteiger partial charge in [-0.15, -0.1) is 0 Å². The highest BCUT2D eigenvalue weighted by Crippen LogP contribution is 2.46. The minimum Gasteiger partial charge on any atom is -0.508 e. The standard InChI is InChI=1S/C35H38F3N5O2S/c1-2-24-27(37)6-5-21-13-23(44)14-25(28(21)24)30-29(38)31-26(16-39-30)32(42-10-3-7-34(18-42)9-12-46-20-34)41-33(40-31)45-19-35-8-4-11-43(35)17-22(36)15-35/h5-6,13-14,16,22,44H,2-4,7-12,15,17-20H2,1H3/t22-,34?,35+/m1/s1. The van der Waals surface area contributed by atoms with E-state index in [0.29, 0.717) is 52.5 Å². The summed E-state index contributed by atoms with van der Waals surface area (Å²) in [7, 11) is 0. The number of pyridine rings is 1. The number of phenols is 1. The largest absolute Gasteiger partial charge is 0.508 e. The highest BCUT2D eigenvalue weighted by Gasteiger charge is 2.49. The summed E-state index contributed by atoms with van der Waals surface area (Å²) >= 11 is 1.98. The molecule has 2 aromatic carbocycles. The number of halogens is 3. The first-order valence-electron chi connectivity index (χ1n) is 16.4. The van der Waals surface area contributed by atoms with Crippen molar-refractivity contribution in [3.05, 3.63) is 47.7 Å². The number of phenolic OH excluding ortho intramolecular Hbond substituents is 1. The third-order valence-electron chi connectivity index (χ3n) is 10.8. The van der Waals surface area contributed by atoms with Crippen molar-refractivity contribution >= 4 is 39.3 Å². The summed E-state index contributed by atoms with van der Waals surface area (Å²) in [5.41, 5.74) is 0.551. The van der Waals surface area contributed by atoms with E-state index in [9.17, 15) is 13.9 Å². The number of fused-ring (bicyclic) bond motifs is 3. The molecule has 3 atom stereocenters. The van der Waals surface area contributed by atoms with Crippen molar-refractivity contribution in [2.24, 2.45) is 5.41 Å². The Bertz CT molecular complexity index is 1840. The maximum absolute atomic E-state index is 16.9. The maximum Gasteiger partial charge on any atom is 0.319 e. The number of ether oxygens (including phenoxy) is 1. The third-order valence-corrected chi connectivity index (χ3v) is 12.1. The molecule has 4 saturated heterocycles. The summed E-state index contributed by atoms with van der Waals surface area (Å²) < 4.78 is 52.7. The van der Waals surface area contributed by atoms with E-state index in [1.165, 1.54) is 12.1 Å². The van der Waals surface area contributed by atoms with Gasteiger partial charge in [-0.25, -0.2) is 13.2 Å². The molecule has 2 aromatic heterocycles. The highest BCUT2D eigenvalue weighted by molar-refractivity contribution is 7.99. The number of hydrogen-bond acceptors (Lipinski definition) is 8. The van der Waals surface area contributed by atoms with Gasteiger partial charge >= 0.3 is 6.01 Å². The van der Waals surface area contributed by atoms with Gasteiger partial charge in [0.25, 0.3) is 0 Å². The molecule has 0 radical (unpaired) electrons. The average molecular weight is 650 g/mol. The molecule has 7 nitrogen and oxygen atoms in total. The number of aromatic hydroxyl groups is 1. The van der Waals surface area contributed by atoms with Crippen molar-refractivity contribution in [2.45, 2.75) is 63.6 Å². The van der Waals surface area contributed by atoms with E-state index in [0.717, 1.165) is 63.2 Å². The second-order valence-corrected chi connectivity index (χ2v) is 14.8. The van der Waals surface area contributed by atoms with Gasteiger partial charge in [-0.3, -0.25) is 9.88 Å². The first kappa shape index (κ1) is 30.1. The first-order valence-corrected chi connectivity index (χ1v) is 17.6. The van der Waals surface area contributed by atoms with Gasteiger partial charge < -0.3 is 14.7 Å². The molecule has 1 N–H and O–H groups in total. The Morgan fingerprint density at radius 3 is 2.80 bits per heavy atom. The molecule has 46 heavy (non-hydrogen) atoms. The molecule has 8 rings (SSSR count). The van der Waals surface area contributed by atoms with E-state index in [4.69, 9.17) is 9.72 Å². The van der Waals surface area contributed by atoms with Crippen molar-refractivity contribution in [3.63, 3.8) is 0 Å². The van der Waals surface area contributed by atoms with E-state index < -0.39 is 23.3 Å². The van der Waals surface area contributed by atoms with Crippen LogP contribution in [-0.4, -0.2) is 81.0 Å². The predicted octanol–water partition coefficient (Wildman–Crippen LogP) is 7.07.